The molecule has 0 saturated carbocycles. The highest BCUT2D eigenvalue weighted by Gasteiger charge is 2.20. The third kappa shape index (κ3) is 3.47. The van der Waals surface area contributed by atoms with E-state index in [-0.39, 0.29) is 0 Å². The maximum Gasteiger partial charge on any atom is 0.143 e. The summed E-state index contributed by atoms with van der Waals surface area (Å²) in [5.41, 5.74) is 11.4. The molecule has 2 heterocycles. The summed E-state index contributed by atoms with van der Waals surface area (Å²) in [5, 5.41) is 7.29. The minimum atomic E-state index is 0.915. The van der Waals surface area contributed by atoms with Crippen LogP contribution < -0.4 is 0 Å². The molecule has 43 heavy (non-hydrogen) atoms. The molecule has 7 aromatic carbocycles. The van der Waals surface area contributed by atoms with Gasteiger partial charge in [-0.15, -0.1) is 0 Å². The van der Waals surface area contributed by atoms with E-state index < -0.39 is 0 Å². The summed E-state index contributed by atoms with van der Waals surface area (Å²) < 4.78 is 8.97. The molecule has 0 aliphatic carbocycles. The smallest absolute Gasteiger partial charge is 0.143 e. The third-order valence-electron chi connectivity index (χ3n) is 8.95. The summed E-state index contributed by atoms with van der Waals surface area (Å²) in [6.45, 7) is 2.21. The second kappa shape index (κ2) is 9.20. The van der Waals surface area contributed by atoms with E-state index in [1.54, 1.807) is 0 Å². The van der Waals surface area contributed by atoms with Crippen LogP contribution in [0.5, 0.6) is 0 Å². The average Bonchev–Trinajstić information content (AvgIpc) is 3.62. The fourth-order valence-corrected chi connectivity index (χ4v) is 7.04. The molecule has 202 valence electrons. The van der Waals surface area contributed by atoms with Crippen LogP contribution in [0.1, 0.15) is 5.56 Å². The molecule has 9 rings (SSSR count). The Kier molecular flexibility index (Phi) is 5.15. The first-order valence-corrected chi connectivity index (χ1v) is 14.8. The van der Waals surface area contributed by atoms with Gasteiger partial charge in [0.1, 0.15) is 11.2 Å². The number of furan rings is 1. The summed E-state index contributed by atoms with van der Waals surface area (Å²) in [4.78, 5) is 0. The molecule has 0 unspecified atom stereocenters. The highest BCUT2D eigenvalue weighted by Crippen LogP contribution is 2.45. The van der Waals surface area contributed by atoms with Crippen molar-refractivity contribution < 1.29 is 4.42 Å². The van der Waals surface area contributed by atoms with Gasteiger partial charge in [0.2, 0.25) is 0 Å². The van der Waals surface area contributed by atoms with Gasteiger partial charge >= 0.3 is 0 Å². The fraction of sp³-hybridized carbons (Fsp3) is 0.0244. The van der Waals surface area contributed by atoms with Crippen molar-refractivity contribution in [1.29, 1.82) is 0 Å². The SMILES string of the molecule is Cc1ccc(-c2cccc3c2oc2ccccc23)c2c(-c3cccc4c5ccccc5n(-c5ccccc5)c34)cccc12. The molecule has 2 nitrogen and oxygen atoms in total. The summed E-state index contributed by atoms with van der Waals surface area (Å²) >= 11 is 0. The number of aromatic nitrogens is 1. The Morgan fingerprint density at radius 2 is 1.07 bits per heavy atom. The lowest BCUT2D eigenvalue weighted by atomic mass is 9.88. The molecule has 0 aliphatic rings. The van der Waals surface area contributed by atoms with Crippen molar-refractivity contribution >= 4 is 54.5 Å². The summed E-state index contributed by atoms with van der Waals surface area (Å²) in [7, 11) is 0. The quantitative estimate of drug-likeness (QED) is 0.214. The Morgan fingerprint density at radius 1 is 0.442 bits per heavy atom. The minimum absolute atomic E-state index is 0.915. The topological polar surface area (TPSA) is 18.1 Å². The van der Waals surface area contributed by atoms with Gasteiger partial charge < -0.3 is 8.98 Å². The monoisotopic (exact) mass is 549 g/mol. The van der Waals surface area contributed by atoms with Crippen LogP contribution >= 0.6 is 0 Å². The van der Waals surface area contributed by atoms with E-state index in [9.17, 15) is 0 Å². The lowest BCUT2D eigenvalue weighted by Gasteiger charge is -2.17. The molecule has 2 heteroatoms. The highest BCUT2D eigenvalue weighted by atomic mass is 16.3. The van der Waals surface area contributed by atoms with Crippen molar-refractivity contribution in [2.24, 2.45) is 0 Å². The number of aryl methyl sites for hydroxylation is 1. The van der Waals surface area contributed by atoms with Crippen LogP contribution in [-0.2, 0) is 0 Å². The molecule has 0 radical (unpaired) electrons. The molecule has 0 bridgehead atoms. The van der Waals surface area contributed by atoms with Gasteiger partial charge in [0.05, 0.1) is 11.0 Å². The lowest BCUT2D eigenvalue weighted by Crippen LogP contribution is -1.96. The highest BCUT2D eigenvalue weighted by molar-refractivity contribution is 6.19. The largest absolute Gasteiger partial charge is 0.455 e. The number of hydrogen-bond donors (Lipinski definition) is 0. The van der Waals surface area contributed by atoms with Crippen molar-refractivity contribution in [3.05, 3.63) is 151 Å². The molecule has 2 aromatic heterocycles. The lowest BCUT2D eigenvalue weighted by molar-refractivity contribution is 0.670. The molecule has 0 amide bonds. The molecule has 0 spiro atoms. The van der Waals surface area contributed by atoms with Gasteiger partial charge in [-0.25, -0.2) is 0 Å². The number of rotatable bonds is 3. The van der Waals surface area contributed by atoms with Gasteiger partial charge in [0, 0.05) is 38.4 Å². The maximum atomic E-state index is 6.55. The van der Waals surface area contributed by atoms with Crippen molar-refractivity contribution in [2.75, 3.05) is 0 Å². The zero-order valence-corrected chi connectivity index (χ0v) is 23.7. The van der Waals surface area contributed by atoms with E-state index in [4.69, 9.17) is 4.42 Å². The molecule has 0 aliphatic heterocycles. The van der Waals surface area contributed by atoms with Crippen molar-refractivity contribution in [3.63, 3.8) is 0 Å². The molecule has 0 N–H and O–H groups in total. The van der Waals surface area contributed by atoms with Gasteiger partial charge in [-0.3, -0.25) is 0 Å². The Labute approximate surface area is 249 Å². The van der Waals surface area contributed by atoms with Gasteiger partial charge in [-0.1, -0.05) is 121 Å². The van der Waals surface area contributed by atoms with Gasteiger partial charge in [0.25, 0.3) is 0 Å². The zero-order chi connectivity index (χ0) is 28.5. The second-order valence-corrected chi connectivity index (χ2v) is 11.3. The molecule has 0 atom stereocenters. The van der Waals surface area contributed by atoms with Crippen molar-refractivity contribution in [2.45, 2.75) is 6.92 Å². The third-order valence-corrected chi connectivity index (χ3v) is 8.95. The van der Waals surface area contributed by atoms with Gasteiger partial charge in [-0.2, -0.15) is 0 Å². The first-order valence-electron chi connectivity index (χ1n) is 14.8. The van der Waals surface area contributed by atoms with Crippen LogP contribution in [0.3, 0.4) is 0 Å². The number of fused-ring (bicyclic) bond motifs is 7. The predicted octanol–water partition coefficient (Wildman–Crippen LogP) is 11.5. The summed E-state index contributed by atoms with van der Waals surface area (Å²) in [6, 6.07) is 52.3. The van der Waals surface area contributed by atoms with Crippen LogP contribution in [0.25, 0.3) is 82.5 Å². The van der Waals surface area contributed by atoms with Crippen molar-refractivity contribution in [3.8, 4) is 27.9 Å². The van der Waals surface area contributed by atoms with E-state index in [2.05, 4.69) is 151 Å². The van der Waals surface area contributed by atoms with Gasteiger partial charge in [0.15, 0.2) is 0 Å². The zero-order valence-electron chi connectivity index (χ0n) is 23.7. The Morgan fingerprint density at radius 3 is 1.93 bits per heavy atom. The predicted molar refractivity (Wildman–Crippen MR) is 181 cm³/mol. The van der Waals surface area contributed by atoms with E-state index in [1.165, 1.54) is 54.8 Å². The number of hydrogen-bond acceptors (Lipinski definition) is 1. The average molecular weight is 550 g/mol. The van der Waals surface area contributed by atoms with E-state index in [0.29, 0.717) is 0 Å². The number of para-hydroxylation sites is 5. The fourth-order valence-electron chi connectivity index (χ4n) is 7.04. The van der Waals surface area contributed by atoms with Crippen LogP contribution in [-0.4, -0.2) is 4.57 Å². The minimum Gasteiger partial charge on any atom is -0.455 e. The summed E-state index contributed by atoms with van der Waals surface area (Å²) in [5.74, 6) is 0. The van der Waals surface area contributed by atoms with Crippen LogP contribution in [0.15, 0.2) is 150 Å². The van der Waals surface area contributed by atoms with Crippen molar-refractivity contribution in [1.82, 2.24) is 4.57 Å². The maximum absolute atomic E-state index is 6.55. The Bertz CT molecular complexity index is 2510. The van der Waals surface area contributed by atoms with E-state index in [0.717, 1.165) is 33.2 Å². The molecule has 0 fully saturated rings. The summed E-state index contributed by atoms with van der Waals surface area (Å²) in [6.07, 6.45) is 0. The normalized spacial score (nSPS) is 11.8. The van der Waals surface area contributed by atoms with Crippen LogP contribution in [0.2, 0.25) is 0 Å². The molecular formula is C41H27NO. The molecule has 9 aromatic rings. The Balaban J connectivity index is 1.43. The van der Waals surface area contributed by atoms with E-state index >= 15 is 0 Å². The number of nitrogens with zero attached hydrogens (tertiary/aromatic N) is 1. The van der Waals surface area contributed by atoms with Gasteiger partial charge in [-0.05, 0) is 58.7 Å². The molecule has 0 saturated heterocycles. The molecular weight excluding hydrogens is 522 g/mol. The van der Waals surface area contributed by atoms with Crippen LogP contribution in [0, 0.1) is 6.92 Å². The first kappa shape index (κ1) is 24.0. The van der Waals surface area contributed by atoms with Crippen LogP contribution in [0.4, 0.5) is 0 Å². The second-order valence-electron chi connectivity index (χ2n) is 11.3. The Hall–Kier alpha value is -5.60. The standard InChI is InChI=1S/C41H27NO/c1-26-24-25-32(36-21-11-20-35-30-15-6-8-23-38(30)43-41(35)36)39-28(26)16-9-17-31(39)34-19-10-18-33-29-14-5-7-22-37(29)42(40(33)34)27-12-3-2-4-13-27/h2-25H,1H3. The van der Waals surface area contributed by atoms with E-state index in [1.807, 2.05) is 6.07 Å². The first-order chi connectivity index (χ1) is 21.3. The number of benzene rings is 7.